The molecule has 0 fully saturated rings. The zero-order valence-electron chi connectivity index (χ0n) is 12.3. The molecule has 0 aromatic heterocycles. The number of nitrogens with one attached hydrogen (secondary N) is 1. The second-order valence-electron chi connectivity index (χ2n) is 4.88. The molecule has 0 radical (unpaired) electrons. The number of aliphatic carboxylic acids is 1. The number of rotatable bonds is 9. The summed E-state index contributed by atoms with van der Waals surface area (Å²) in [5.74, 6) is -1.94. The normalized spacial score (nSPS) is 10.7. The van der Waals surface area contributed by atoms with Crippen molar-refractivity contribution in [2.24, 2.45) is 5.73 Å². The average molecular weight is 288 g/mol. The lowest BCUT2D eigenvalue weighted by molar-refractivity contribution is -0.137. The summed E-state index contributed by atoms with van der Waals surface area (Å²) >= 11 is 0. The Morgan fingerprint density at radius 3 is 2.30 bits per heavy atom. The molecule has 116 valence electrons. The quantitative estimate of drug-likeness (QED) is 0.485. The Morgan fingerprint density at radius 1 is 1.25 bits per heavy atom. The molecule has 0 rings (SSSR count). The Balaban J connectivity index is 4.13. The van der Waals surface area contributed by atoms with E-state index in [1.807, 2.05) is 7.05 Å². The lowest BCUT2D eigenvalue weighted by Gasteiger charge is -2.22. The third kappa shape index (κ3) is 8.30. The second kappa shape index (κ2) is 9.13. The summed E-state index contributed by atoms with van der Waals surface area (Å²) in [6.07, 6.45) is 0.734. The zero-order valence-corrected chi connectivity index (χ0v) is 12.3. The molecule has 0 bridgehead atoms. The van der Waals surface area contributed by atoms with Crippen LogP contribution in [-0.2, 0) is 9.59 Å². The summed E-state index contributed by atoms with van der Waals surface area (Å²) in [5, 5.41) is 11.2. The average Bonchev–Trinajstić information content (AvgIpc) is 2.31. The number of urea groups is 1. The maximum Gasteiger partial charge on any atom is 0.323 e. The first kappa shape index (κ1) is 18.2. The van der Waals surface area contributed by atoms with E-state index in [1.54, 1.807) is 0 Å². The highest BCUT2D eigenvalue weighted by Gasteiger charge is 2.18. The molecule has 0 atom stereocenters. The van der Waals surface area contributed by atoms with Crippen LogP contribution in [0.2, 0.25) is 0 Å². The van der Waals surface area contributed by atoms with Gasteiger partial charge in [0.05, 0.1) is 0 Å². The van der Waals surface area contributed by atoms with E-state index in [1.165, 1.54) is 0 Å². The minimum absolute atomic E-state index is 0.408. The fraction of sp³-hybridized carbons (Fsp3) is 0.750. The lowest BCUT2D eigenvalue weighted by Crippen LogP contribution is -2.47. The van der Waals surface area contributed by atoms with E-state index in [0.29, 0.717) is 12.6 Å². The van der Waals surface area contributed by atoms with Crippen molar-refractivity contribution in [1.29, 1.82) is 0 Å². The van der Waals surface area contributed by atoms with E-state index in [4.69, 9.17) is 10.8 Å². The van der Waals surface area contributed by atoms with E-state index < -0.39 is 31.0 Å². The van der Waals surface area contributed by atoms with Gasteiger partial charge in [0.25, 0.3) is 0 Å². The number of carboxylic acids is 1. The van der Waals surface area contributed by atoms with Crippen LogP contribution in [0, 0.1) is 0 Å². The van der Waals surface area contributed by atoms with Crippen molar-refractivity contribution in [2.45, 2.75) is 26.3 Å². The van der Waals surface area contributed by atoms with E-state index in [0.717, 1.165) is 17.9 Å². The van der Waals surface area contributed by atoms with Gasteiger partial charge in [0.15, 0.2) is 0 Å². The largest absolute Gasteiger partial charge is 0.480 e. The van der Waals surface area contributed by atoms with Crippen LogP contribution < -0.4 is 11.1 Å². The summed E-state index contributed by atoms with van der Waals surface area (Å²) in [4.78, 5) is 36.1. The minimum Gasteiger partial charge on any atom is -0.480 e. The van der Waals surface area contributed by atoms with Gasteiger partial charge in [0.1, 0.15) is 13.1 Å². The topological polar surface area (TPSA) is 116 Å². The molecule has 8 nitrogen and oxygen atoms in total. The highest BCUT2D eigenvalue weighted by molar-refractivity contribution is 5.85. The SMILES string of the molecule is CC(C)N(C)CCCNC(=O)N(CC(N)=O)CC(=O)O. The summed E-state index contributed by atoms with van der Waals surface area (Å²) in [5.41, 5.74) is 4.97. The molecule has 0 unspecified atom stereocenters. The van der Waals surface area contributed by atoms with Crippen LogP contribution in [0.25, 0.3) is 0 Å². The summed E-state index contributed by atoms with van der Waals surface area (Å²) in [7, 11) is 1.98. The predicted molar refractivity (Wildman–Crippen MR) is 74.2 cm³/mol. The van der Waals surface area contributed by atoms with Crippen molar-refractivity contribution in [3.05, 3.63) is 0 Å². The molecule has 0 aliphatic rings. The highest BCUT2D eigenvalue weighted by Crippen LogP contribution is 1.95. The molecule has 0 heterocycles. The van der Waals surface area contributed by atoms with Gasteiger partial charge in [0, 0.05) is 12.6 Å². The van der Waals surface area contributed by atoms with Gasteiger partial charge in [-0.15, -0.1) is 0 Å². The van der Waals surface area contributed by atoms with Gasteiger partial charge in [0.2, 0.25) is 5.91 Å². The standard InChI is InChI=1S/C12H24N4O4/c1-9(2)15(3)6-4-5-14-12(20)16(7-10(13)17)8-11(18)19/h9H,4-8H2,1-3H3,(H2,13,17)(H,14,20)(H,18,19). The van der Waals surface area contributed by atoms with Crippen LogP contribution in [0.5, 0.6) is 0 Å². The van der Waals surface area contributed by atoms with E-state index in [9.17, 15) is 14.4 Å². The number of carbonyl (C=O) groups is 3. The van der Waals surface area contributed by atoms with Crippen LogP contribution in [0.15, 0.2) is 0 Å². The third-order valence-corrected chi connectivity index (χ3v) is 2.81. The lowest BCUT2D eigenvalue weighted by atomic mass is 10.3. The van der Waals surface area contributed by atoms with Crippen LogP contribution in [0.4, 0.5) is 4.79 Å². The number of amides is 3. The van der Waals surface area contributed by atoms with E-state index in [-0.39, 0.29) is 0 Å². The number of hydrogen-bond donors (Lipinski definition) is 3. The van der Waals surface area contributed by atoms with Gasteiger partial charge in [-0.2, -0.15) is 0 Å². The van der Waals surface area contributed by atoms with E-state index >= 15 is 0 Å². The Kier molecular flexibility index (Phi) is 8.30. The molecule has 0 saturated heterocycles. The maximum absolute atomic E-state index is 11.7. The summed E-state index contributed by atoms with van der Waals surface area (Å²) in [6.45, 7) is 4.39. The molecule has 8 heteroatoms. The molecule has 0 aliphatic carbocycles. The van der Waals surface area contributed by atoms with Crippen LogP contribution in [0.1, 0.15) is 20.3 Å². The molecule has 0 saturated carbocycles. The molecule has 0 aliphatic heterocycles. The van der Waals surface area contributed by atoms with Crippen molar-refractivity contribution in [2.75, 3.05) is 33.2 Å². The number of nitrogens with zero attached hydrogens (tertiary/aromatic N) is 2. The molecule has 0 aromatic carbocycles. The first-order valence-corrected chi connectivity index (χ1v) is 6.47. The Labute approximate surface area is 118 Å². The summed E-state index contributed by atoms with van der Waals surface area (Å²) in [6, 6.07) is -0.178. The van der Waals surface area contributed by atoms with Gasteiger partial charge >= 0.3 is 12.0 Å². The Morgan fingerprint density at radius 2 is 1.85 bits per heavy atom. The first-order chi connectivity index (χ1) is 9.23. The van der Waals surface area contributed by atoms with Gasteiger partial charge in [-0.3, -0.25) is 9.59 Å². The van der Waals surface area contributed by atoms with Gasteiger partial charge in [-0.1, -0.05) is 0 Å². The smallest absolute Gasteiger partial charge is 0.323 e. The number of primary amides is 1. The number of carboxylic acid groups (broad SMARTS) is 1. The zero-order chi connectivity index (χ0) is 15.7. The van der Waals surface area contributed by atoms with Gasteiger partial charge < -0.3 is 26.0 Å². The minimum atomic E-state index is -1.19. The van der Waals surface area contributed by atoms with E-state index in [2.05, 4.69) is 24.1 Å². The van der Waals surface area contributed by atoms with Crippen molar-refractivity contribution >= 4 is 17.9 Å². The first-order valence-electron chi connectivity index (χ1n) is 6.47. The van der Waals surface area contributed by atoms with Gasteiger partial charge in [-0.05, 0) is 33.9 Å². The van der Waals surface area contributed by atoms with Crippen molar-refractivity contribution in [3.63, 3.8) is 0 Å². The molecular weight excluding hydrogens is 264 g/mol. The molecular formula is C12H24N4O4. The number of hydrogen-bond acceptors (Lipinski definition) is 4. The molecule has 0 aromatic rings. The molecule has 0 spiro atoms. The predicted octanol–water partition coefficient (Wildman–Crippen LogP) is -0.702. The van der Waals surface area contributed by atoms with Crippen molar-refractivity contribution in [1.82, 2.24) is 15.1 Å². The van der Waals surface area contributed by atoms with Gasteiger partial charge in [-0.25, -0.2) is 4.79 Å². The molecule has 4 N–H and O–H groups in total. The second-order valence-corrected chi connectivity index (χ2v) is 4.88. The Hall–Kier alpha value is -1.83. The van der Waals surface area contributed by atoms with Crippen molar-refractivity contribution < 1.29 is 19.5 Å². The monoisotopic (exact) mass is 288 g/mol. The van der Waals surface area contributed by atoms with Crippen LogP contribution in [0.3, 0.4) is 0 Å². The molecule has 20 heavy (non-hydrogen) atoms. The molecule has 3 amide bonds. The van der Waals surface area contributed by atoms with Crippen LogP contribution in [-0.4, -0.2) is 72.1 Å². The van der Waals surface area contributed by atoms with Crippen LogP contribution >= 0.6 is 0 Å². The summed E-state index contributed by atoms with van der Waals surface area (Å²) < 4.78 is 0. The van der Waals surface area contributed by atoms with Crippen molar-refractivity contribution in [3.8, 4) is 0 Å². The highest BCUT2D eigenvalue weighted by atomic mass is 16.4. The Bertz CT molecular complexity index is 330. The maximum atomic E-state index is 11.7. The number of carbonyl (C=O) groups excluding carboxylic acids is 2. The fourth-order valence-corrected chi connectivity index (χ4v) is 1.44. The third-order valence-electron chi connectivity index (χ3n) is 2.81. The fourth-order valence-electron chi connectivity index (χ4n) is 1.44. The number of nitrogens with two attached hydrogens (primary N) is 1.